The standard InChI is InChI=1S/C30H31F2N3O4/c1-18(33)28(37)35(30(39)27(36)21-15-22(31)17-23(32)16-21)26-24(19-9-5-3-6-10-19)13-14-25(34(2)29(26)38)20-11-7-4-8-12-20/h3-12,15-18,24-27,36H,13-14,33H2,1-2H3/t18-,24-,25-,26-,27+/m0/s1. The molecule has 1 heterocycles. The molecule has 0 radical (unpaired) electrons. The van der Waals surface area contributed by atoms with Gasteiger partial charge in [0.1, 0.15) is 17.7 Å². The number of carbonyl (C=O) groups is 3. The first-order valence-electron chi connectivity index (χ1n) is 12.7. The monoisotopic (exact) mass is 535 g/mol. The van der Waals surface area contributed by atoms with E-state index in [1.54, 1.807) is 19.2 Å². The van der Waals surface area contributed by atoms with Crippen LogP contribution in [0, 0.1) is 11.6 Å². The summed E-state index contributed by atoms with van der Waals surface area (Å²) in [6, 6.07) is 17.8. The molecule has 3 N–H and O–H groups in total. The van der Waals surface area contributed by atoms with Crippen molar-refractivity contribution in [3.8, 4) is 0 Å². The zero-order valence-corrected chi connectivity index (χ0v) is 21.7. The average Bonchev–Trinajstić information content (AvgIpc) is 3.05. The lowest BCUT2D eigenvalue weighted by Gasteiger charge is -2.37. The number of amides is 3. The molecule has 3 aromatic carbocycles. The van der Waals surface area contributed by atoms with E-state index in [0.717, 1.165) is 23.3 Å². The summed E-state index contributed by atoms with van der Waals surface area (Å²) in [5.41, 5.74) is 7.16. The molecule has 3 amide bonds. The number of benzene rings is 3. The van der Waals surface area contributed by atoms with Crippen molar-refractivity contribution in [3.05, 3.63) is 107 Å². The number of aliphatic hydroxyl groups is 1. The molecule has 204 valence electrons. The highest BCUT2D eigenvalue weighted by atomic mass is 19.1. The second kappa shape index (κ2) is 11.8. The van der Waals surface area contributed by atoms with Crippen LogP contribution in [0.1, 0.15) is 54.5 Å². The molecular formula is C30H31F2N3O4. The average molecular weight is 536 g/mol. The molecule has 9 heteroatoms. The number of rotatable bonds is 6. The van der Waals surface area contributed by atoms with Crippen LogP contribution < -0.4 is 5.73 Å². The summed E-state index contributed by atoms with van der Waals surface area (Å²) in [7, 11) is 1.61. The van der Waals surface area contributed by atoms with Crippen molar-refractivity contribution in [1.29, 1.82) is 0 Å². The number of likely N-dealkylation sites (tertiary alicyclic amines) is 1. The SMILES string of the molecule is C[C@H](N)C(=O)N(C(=O)[C@H](O)c1cc(F)cc(F)c1)[C@@H]1C(=O)N(C)[C@H](c2ccccc2)CC[C@H]1c1ccccc1. The van der Waals surface area contributed by atoms with Crippen molar-refractivity contribution in [2.24, 2.45) is 5.73 Å². The van der Waals surface area contributed by atoms with Gasteiger partial charge in [0.15, 0.2) is 6.10 Å². The summed E-state index contributed by atoms with van der Waals surface area (Å²) in [5, 5.41) is 10.9. The van der Waals surface area contributed by atoms with Crippen molar-refractivity contribution in [1.82, 2.24) is 9.80 Å². The van der Waals surface area contributed by atoms with E-state index in [1.165, 1.54) is 11.8 Å². The summed E-state index contributed by atoms with van der Waals surface area (Å²) in [6.07, 6.45) is -1.15. The van der Waals surface area contributed by atoms with Crippen LogP contribution in [0.2, 0.25) is 0 Å². The number of imide groups is 1. The molecule has 4 rings (SSSR count). The van der Waals surface area contributed by atoms with Gasteiger partial charge in [0, 0.05) is 19.0 Å². The van der Waals surface area contributed by atoms with Crippen LogP contribution in [0.5, 0.6) is 0 Å². The van der Waals surface area contributed by atoms with Crippen LogP contribution in [0.4, 0.5) is 8.78 Å². The van der Waals surface area contributed by atoms with E-state index in [9.17, 15) is 28.3 Å². The quantitative estimate of drug-likeness (QED) is 0.499. The molecule has 0 bridgehead atoms. The second-order valence-electron chi connectivity index (χ2n) is 9.86. The molecule has 0 aromatic heterocycles. The van der Waals surface area contributed by atoms with Crippen LogP contribution in [0.15, 0.2) is 78.9 Å². The molecule has 5 atom stereocenters. The van der Waals surface area contributed by atoms with E-state index in [-0.39, 0.29) is 11.6 Å². The Morgan fingerprint density at radius 3 is 2.00 bits per heavy atom. The Balaban J connectivity index is 1.84. The van der Waals surface area contributed by atoms with Crippen molar-refractivity contribution in [3.63, 3.8) is 0 Å². The highest BCUT2D eigenvalue weighted by Gasteiger charge is 2.47. The van der Waals surface area contributed by atoms with Gasteiger partial charge in [-0.1, -0.05) is 60.7 Å². The van der Waals surface area contributed by atoms with E-state index in [0.29, 0.717) is 23.8 Å². The Morgan fingerprint density at radius 1 is 0.923 bits per heavy atom. The number of nitrogens with zero attached hydrogens (tertiary/aromatic N) is 2. The van der Waals surface area contributed by atoms with Gasteiger partial charge in [0.2, 0.25) is 11.8 Å². The Labute approximate surface area is 225 Å². The van der Waals surface area contributed by atoms with Crippen LogP contribution in [0.3, 0.4) is 0 Å². The van der Waals surface area contributed by atoms with Gasteiger partial charge in [-0.2, -0.15) is 0 Å². The van der Waals surface area contributed by atoms with Gasteiger partial charge >= 0.3 is 0 Å². The minimum atomic E-state index is -2.11. The number of aliphatic hydroxyl groups excluding tert-OH is 1. The van der Waals surface area contributed by atoms with Crippen LogP contribution in [-0.4, -0.2) is 51.8 Å². The van der Waals surface area contributed by atoms with E-state index in [1.807, 2.05) is 48.5 Å². The summed E-state index contributed by atoms with van der Waals surface area (Å²) in [6.45, 7) is 1.37. The third-order valence-corrected chi connectivity index (χ3v) is 7.19. The van der Waals surface area contributed by atoms with Gasteiger partial charge in [-0.05, 0) is 48.6 Å². The maximum Gasteiger partial charge on any atom is 0.263 e. The first kappa shape index (κ1) is 28.1. The second-order valence-corrected chi connectivity index (χ2v) is 9.86. The Kier molecular flexibility index (Phi) is 8.52. The third-order valence-electron chi connectivity index (χ3n) is 7.19. The molecule has 0 unspecified atom stereocenters. The summed E-state index contributed by atoms with van der Waals surface area (Å²) >= 11 is 0. The highest BCUT2D eigenvalue weighted by Crippen LogP contribution is 2.39. The molecule has 0 saturated carbocycles. The number of hydrogen-bond donors (Lipinski definition) is 2. The molecule has 0 spiro atoms. The maximum atomic E-state index is 14.2. The molecule has 3 aromatic rings. The zero-order valence-electron chi connectivity index (χ0n) is 21.7. The van der Waals surface area contributed by atoms with Crippen molar-refractivity contribution < 1.29 is 28.3 Å². The first-order valence-corrected chi connectivity index (χ1v) is 12.7. The van der Waals surface area contributed by atoms with E-state index >= 15 is 0 Å². The fourth-order valence-corrected chi connectivity index (χ4v) is 5.24. The minimum absolute atomic E-state index is 0.334. The van der Waals surface area contributed by atoms with Gasteiger partial charge in [-0.15, -0.1) is 0 Å². The van der Waals surface area contributed by atoms with Gasteiger partial charge < -0.3 is 15.7 Å². The summed E-state index contributed by atoms with van der Waals surface area (Å²) < 4.78 is 27.9. The van der Waals surface area contributed by atoms with Crippen molar-refractivity contribution >= 4 is 17.7 Å². The largest absolute Gasteiger partial charge is 0.378 e. The van der Waals surface area contributed by atoms with E-state index in [4.69, 9.17) is 5.73 Å². The molecule has 1 saturated heterocycles. The maximum absolute atomic E-state index is 14.2. The van der Waals surface area contributed by atoms with Crippen LogP contribution in [0.25, 0.3) is 0 Å². The van der Waals surface area contributed by atoms with Gasteiger partial charge in [-0.3, -0.25) is 19.3 Å². The zero-order chi connectivity index (χ0) is 28.3. The highest BCUT2D eigenvalue weighted by molar-refractivity contribution is 6.04. The molecule has 1 aliphatic rings. The van der Waals surface area contributed by atoms with Crippen molar-refractivity contribution in [2.45, 2.75) is 49.9 Å². The lowest BCUT2D eigenvalue weighted by atomic mass is 9.85. The number of hydrogen-bond acceptors (Lipinski definition) is 5. The molecule has 7 nitrogen and oxygen atoms in total. The number of likely N-dealkylation sites (N-methyl/N-ethyl adjacent to an activating group) is 1. The van der Waals surface area contributed by atoms with Crippen molar-refractivity contribution in [2.75, 3.05) is 7.05 Å². The molecule has 39 heavy (non-hydrogen) atoms. The lowest BCUT2D eigenvalue weighted by molar-refractivity contribution is -0.160. The Morgan fingerprint density at radius 2 is 1.46 bits per heavy atom. The predicted octanol–water partition coefficient (Wildman–Crippen LogP) is 3.85. The summed E-state index contributed by atoms with van der Waals surface area (Å²) in [4.78, 5) is 43.7. The number of halogens is 2. The normalized spacial score (nSPS) is 21.1. The Bertz CT molecular complexity index is 1320. The van der Waals surface area contributed by atoms with Gasteiger partial charge in [0.25, 0.3) is 5.91 Å². The van der Waals surface area contributed by atoms with Gasteiger partial charge in [-0.25, -0.2) is 8.78 Å². The summed E-state index contributed by atoms with van der Waals surface area (Å²) in [5.74, 6) is -5.22. The fraction of sp³-hybridized carbons (Fsp3) is 0.300. The number of nitrogens with two attached hydrogens (primary N) is 1. The molecule has 0 aliphatic carbocycles. The Hall–Kier alpha value is -3.95. The molecule has 1 aliphatic heterocycles. The first-order chi connectivity index (χ1) is 18.6. The molecule has 1 fully saturated rings. The predicted molar refractivity (Wildman–Crippen MR) is 141 cm³/mol. The lowest BCUT2D eigenvalue weighted by Crippen LogP contribution is -2.58. The smallest absolute Gasteiger partial charge is 0.263 e. The third kappa shape index (κ3) is 5.89. The van der Waals surface area contributed by atoms with Crippen LogP contribution >= 0.6 is 0 Å². The fourth-order valence-electron chi connectivity index (χ4n) is 5.24. The van der Waals surface area contributed by atoms with E-state index in [2.05, 4.69) is 0 Å². The molecular weight excluding hydrogens is 504 g/mol. The minimum Gasteiger partial charge on any atom is -0.378 e. The van der Waals surface area contributed by atoms with Gasteiger partial charge in [0.05, 0.1) is 12.1 Å². The topological polar surface area (TPSA) is 104 Å². The van der Waals surface area contributed by atoms with Crippen LogP contribution in [-0.2, 0) is 14.4 Å². The number of carbonyl (C=O) groups excluding carboxylic acids is 3. The van der Waals surface area contributed by atoms with E-state index < -0.39 is 53.5 Å².